The van der Waals surface area contributed by atoms with Crippen molar-refractivity contribution >= 4 is 0 Å². The first-order valence-electron chi connectivity index (χ1n) is 8.57. The number of rotatable bonds is 11. The molecule has 0 radical (unpaired) electrons. The summed E-state index contributed by atoms with van der Waals surface area (Å²) in [6, 6.07) is 0.970. The maximum absolute atomic E-state index is 10.0. The van der Waals surface area contributed by atoms with Gasteiger partial charge >= 0.3 is 0 Å². The molecule has 0 amide bonds. The fourth-order valence-corrected chi connectivity index (χ4v) is 3.18. The average Bonchev–Trinajstić information content (AvgIpc) is 3.20. The van der Waals surface area contributed by atoms with Crippen molar-refractivity contribution in [3.8, 4) is 0 Å². The van der Waals surface area contributed by atoms with E-state index in [9.17, 15) is 5.11 Å². The SMILES string of the molecule is CCCCCN(CC(CO)(NC(C)C)C1CC1)C(C)C. The summed E-state index contributed by atoms with van der Waals surface area (Å²) < 4.78 is 0. The molecule has 1 aliphatic carbocycles. The largest absolute Gasteiger partial charge is 0.394 e. The smallest absolute Gasteiger partial charge is 0.0628 e. The van der Waals surface area contributed by atoms with Crippen molar-refractivity contribution in [2.45, 2.75) is 84.3 Å². The highest BCUT2D eigenvalue weighted by Gasteiger charge is 2.46. The van der Waals surface area contributed by atoms with Crippen LogP contribution in [0.5, 0.6) is 0 Å². The van der Waals surface area contributed by atoms with E-state index < -0.39 is 0 Å². The van der Waals surface area contributed by atoms with Gasteiger partial charge in [0.25, 0.3) is 0 Å². The molecule has 0 bridgehead atoms. The second-order valence-corrected chi connectivity index (χ2v) is 7.16. The second kappa shape index (κ2) is 8.35. The predicted molar refractivity (Wildman–Crippen MR) is 87.0 cm³/mol. The third-order valence-corrected chi connectivity index (χ3v) is 4.48. The van der Waals surface area contributed by atoms with Gasteiger partial charge in [0.15, 0.2) is 0 Å². The fraction of sp³-hybridized carbons (Fsp3) is 1.00. The number of nitrogens with one attached hydrogen (secondary N) is 1. The summed E-state index contributed by atoms with van der Waals surface area (Å²) in [6.07, 6.45) is 6.37. The number of aliphatic hydroxyl groups is 1. The van der Waals surface area contributed by atoms with Gasteiger partial charge < -0.3 is 10.4 Å². The average molecular weight is 284 g/mol. The third kappa shape index (κ3) is 5.34. The molecule has 0 aromatic rings. The van der Waals surface area contributed by atoms with E-state index in [1.54, 1.807) is 0 Å². The molecule has 0 aliphatic heterocycles. The quantitative estimate of drug-likeness (QED) is 0.573. The summed E-state index contributed by atoms with van der Waals surface area (Å²) in [5, 5.41) is 13.7. The first-order valence-corrected chi connectivity index (χ1v) is 8.57. The molecule has 2 N–H and O–H groups in total. The predicted octanol–water partition coefficient (Wildman–Crippen LogP) is 3.03. The molecule has 1 aliphatic rings. The van der Waals surface area contributed by atoms with E-state index in [1.807, 2.05) is 0 Å². The van der Waals surface area contributed by atoms with Gasteiger partial charge in [-0.1, -0.05) is 33.6 Å². The van der Waals surface area contributed by atoms with E-state index in [2.05, 4.69) is 44.8 Å². The molecule has 3 nitrogen and oxygen atoms in total. The molecule has 1 rings (SSSR count). The van der Waals surface area contributed by atoms with Crippen LogP contribution in [0.15, 0.2) is 0 Å². The van der Waals surface area contributed by atoms with Crippen LogP contribution in [0.25, 0.3) is 0 Å². The van der Waals surface area contributed by atoms with E-state index in [0.717, 1.165) is 13.1 Å². The Labute approximate surface area is 126 Å². The van der Waals surface area contributed by atoms with E-state index >= 15 is 0 Å². The van der Waals surface area contributed by atoms with Gasteiger partial charge in [-0.2, -0.15) is 0 Å². The third-order valence-electron chi connectivity index (χ3n) is 4.48. The summed E-state index contributed by atoms with van der Waals surface area (Å²) in [6.45, 7) is 13.6. The lowest BCUT2D eigenvalue weighted by molar-refractivity contribution is 0.0696. The molecular formula is C17H36N2O. The summed E-state index contributed by atoms with van der Waals surface area (Å²) in [5.74, 6) is 0.655. The van der Waals surface area contributed by atoms with Gasteiger partial charge in [-0.05, 0) is 45.6 Å². The maximum Gasteiger partial charge on any atom is 0.0628 e. The molecule has 1 saturated carbocycles. The Morgan fingerprint density at radius 2 is 1.85 bits per heavy atom. The number of aliphatic hydroxyl groups excluding tert-OH is 1. The van der Waals surface area contributed by atoms with Crippen molar-refractivity contribution in [3.05, 3.63) is 0 Å². The van der Waals surface area contributed by atoms with Crippen molar-refractivity contribution < 1.29 is 5.11 Å². The van der Waals surface area contributed by atoms with Crippen molar-refractivity contribution in [1.82, 2.24) is 10.2 Å². The molecule has 0 aromatic carbocycles. The van der Waals surface area contributed by atoms with E-state index in [4.69, 9.17) is 0 Å². The maximum atomic E-state index is 10.0. The van der Waals surface area contributed by atoms with Gasteiger partial charge in [0.2, 0.25) is 0 Å². The molecule has 0 aromatic heterocycles. The molecule has 20 heavy (non-hydrogen) atoms. The van der Waals surface area contributed by atoms with E-state index in [1.165, 1.54) is 32.1 Å². The highest BCUT2D eigenvalue weighted by atomic mass is 16.3. The normalized spacial score (nSPS) is 19.1. The summed E-state index contributed by atoms with van der Waals surface area (Å²) in [5.41, 5.74) is -0.0926. The van der Waals surface area contributed by atoms with Gasteiger partial charge in [0.05, 0.1) is 12.1 Å². The molecule has 1 atom stereocenters. The lowest BCUT2D eigenvalue weighted by Crippen LogP contribution is -2.60. The minimum absolute atomic E-state index is 0.0926. The van der Waals surface area contributed by atoms with Gasteiger partial charge in [-0.3, -0.25) is 4.90 Å². The first kappa shape index (κ1) is 17.9. The van der Waals surface area contributed by atoms with E-state index in [0.29, 0.717) is 18.0 Å². The minimum Gasteiger partial charge on any atom is -0.394 e. The molecular weight excluding hydrogens is 248 g/mol. The van der Waals surface area contributed by atoms with Gasteiger partial charge in [0.1, 0.15) is 0 Å². The zero-order chi connectivity index (χ0) is 15.2. The van der Waals surface area contributed by atoms with Gasteiger partial charge in [-0.15, -0.1) is 0 Å². The molecule has 1 unspecified atom stereocenters. The Balaban J connectivity index is 2.68. The Kier molecular flexibility index (Phi) is 7.49. The molecule has 0 spiro atoms. The number of hydrogen-bond acceptors (Lipinski definition) is 3. The van der Waals surface area contributed by atoms with Crippen LogP contribution < -0.4 is 5.32 Å². The van der Waals surface area contributed by atoms with E-state index in [-0.39, 0.29) is 12.1 Å². The molecule has 3 heteroatoms. The number of unbranched alkanes of at least 4 members (excludes halogenated alkanes) is 2. The molecule has 120 valence electrons. The Morgan fingerprint density at radius 3 is 2.25 bits per heavy atom. The van der Waals surface area contributed by atoms with Crippen LogP contribution in [0.3, 0.4) is 0 Å². The highest BCUT2D eigenvalue weighted by Crippen LogP contribution is 2.40. The topological polar surface area (TPSA) is 35.5 Å². The summed E-state index contributed by atoms with van der Waals surface area (Å²) in [7, 11) is 0. The van der Waals surface area contributed by atoms with Crippen LogP contribution in [0, 0.1) is 5.92 Å². The van der Waals surface area contributed by atoms with Crippen LogP contribution in [-0.2, 0) is 0 Å². The lowest BCUT2D eigenvalue weighted by Gasteiger charge is -2.41. The van der Waals surface area contributed by atoms with Crippen molar-refractivity contribution in [2.75, 3.05) is 19.7 Å². The number of nitrogens with zero attached hydrogens (tertiary/aromatic N) is 1. The fourth-order valence-electron chi connectivity index (χ4n) is 3.18. The van der Waals surface area contributed by atoms with Crippen LogP contribution in [0.2, 0.25) is 0 Å². The first-order chi connectivity index (χ1) is 9.45. The summed E-state index contributed by atoms with van der Waals surface area (Å²) in [4.78, 5) is 2.56. The van der Waals surface area contributed by atoms with Crippen molar-refractivity contribution in [1.29, 1.82) is 0 Å². The second-order valence-electron chi connectivity index (χ2n) is 7.16. The molecule has 0 heterocycles. The Hall–Kier alpha value is -0.120. The van der Waals surface area contributed by atoms with Crippen molar-refractivity contribution in [3.63, 3.8) is 0 Å². The van der Waals surface area contributed by atoms with Gasteiger partial charge in [-0.25, -0.2) is 0 Å². The minimum atomic E-state index is -0.0926. The van der Waals surface area contributed by atoms with Crippen molar-refractivity contribution in [2.24, 2.45) is 5.92 Å². The van der Waals surface area contributed by atoms with Crippen LogP contribution >= 0.6 is 0 Å². The zero-order valence-electron chi connectivity index (χ0n) is 14.3. The van der Waals surface area contributed by atoms with Crippen LogP contribution in [-0.4, -0.2) is 47.3 Å². The standard InChI is InChI=1S/C17H36N2O/c1-6-7-8-11-19(15(4)5)12-17(13-20,16-9-10-16)18-14(2)3/h14-16,18,20H,6-13H2,1-5H3. The lowest BCUT2D eigenvalue weighted by atomic mass is 9.91. The molecule has 1 fully saturated rings. The Morgan fingerprint density at radius 1 is 1.20 bits per heavy atom. The van der Waals surface area contributed by atoms with Crippen LogP contribution in [0.4, 0.5) is 0 Å². The van der Waals surface area contributed by atoms with Gasteiger partial charge in [0, 0.05) is 18.6 Å². The highest BCUT2D eigenvalue weighted by molar-refractivity contribution is 5.03. The summed E-state index contributed by atoms with van der Waals surface area (Å²) >= 11 is 0. The molecule has 0 saturated heterocycles. The number of hydrogen-bond donors (Lipinski definition) is 2. The van der Waals surface area contributed by atoms with Crippen LogP contribution in [0.1, 0.15) is 66.7 Å². The zero-order valence-corrected chi connectivity index (χ0v) is 14.3. The monoisotopic (exact) mass is 284 g/mol. The Bertz CT molecular complexity index is 264.